The van der Waals surface area contributed by atoms with Crippen LogP contribution in [0.15, 0.2) is 23.4 Å². The Balaban J connectivity index is 2.32. The molecule has 7 heteroatoms. The number of imidazole rings is 1. The zero-order chi connectivity index (χ0) is 14.5. The average molecular weight is 314 g/mol. The maximum Gasteiger partial charge on any atom is 0.313 e. The highest BCUT2D eigenvalue weighted by Gasteiger charge is 2.13. The summed E-state index contributed by atoms with van der Waals surface area (Å²) in [5.74, 6) is -0.242. The van der Waals surface area contributed by atoms with Crippen molar-refractivity contribution in [1.82, 2.24) is 9.55 Å². The minimum Gasteiger partial charge on any atom is -0.481 e. The smallest absolute Gasteiger partial charge is 0.313 e. The fourth-order valence-electron chi connectivity index (χ4n) is 1.89. The summed E-state index contributed by atoms with van der Waals surface area (Å²) in [7, 11) is 0. The third-order valence-corrected chi connectivity index (χ3v) is 4.39. The van der Waals surface area contributed by atoms with Gasteiger partial charge in [-0.15, -0.1) is 0 Å². The van der Waals surface area contributed by atoms with E-state index in [9.17, 15) is 9.18 Å². The highest BCUT2D eigenvalue weighted by Crippen LogP contribution is 2.25. The number of hydrogen-bond acceptors (Lipinski definition) is 4. The van der Waals surface area contributed by atoms with Gasteiger partial charge >= 0.3 is 5.97 Å². The first-order chi connectivity index (χ1) is 9.61. The molecular weight excluding hydrogens is 299 g/mol. The second-order valence-corrected chi connectivity index (χ2v) is 6.14. The quantitative estimate of drug-likeness (QED) is 0.628. The monoisotopic (exact) mass is 314 g/mol. The molecule has 1 heterocycles. The van der Waals surface area contributed by atoms with E-state index in [0.717, 1.165) is 17.7 Å². The van der Waals surface area contributed by atoms with E-state index in [-0.39, 0.29) is 11.6 Å². The molecule has 2 rings (SSSR count). The normalized spacial score (nSPS) is 11.1. The van der Waals surface area contributed by atoms with Crippen molar-refractivity contribution in [2.45, 2.75) is 18.1 Å². The van der Waals surface area contributed by atoms with Gasteiger partial charge in [0.15, 0.2) is 5.16 Å². The number of halogens is 1. The zero-order valence-electron chi connectivity index (χ0n) is 11.0. The number of carboxylic acids is 1. The van der Waals surface area contributed by atoms with Gasteiger partial charge in [-0.1, -0.05) is 11.8 Å². The lowest BCUT2D eigenvalue weighted by Gasteiger charge is -2.07. The number of thioether (sulfide) groups is 2. The predicted molar refractivity (Wildman–Crippen MR) is 81.0 cm³/mol. The Morgan fingerprint density at radius 3 is 3.00 bits per heavy atom. The summed E-state index contributed by atoms with van der Waals surface area (Å²) in [4.78, 5) is 15.1. The molecule has 0 aliphatic rings. The maximum atomic E-state index is 13.4. The molecule has 1 aromatic heterocycles. The Hall–Kier alpha value is -1.21. The molecule has 0 fully saturated rings. The Bertz CT molecular complexity index is 616. The van der Waals surface area contributed by atoms with E-state index in [1.165, 1.54) is 23.9 Å². The predicted octanol–water partition coefficient (Wildman–Crippen LogP) is 3.11. The van der Waals surface area contributed by atoms with Crippen LogP contribution in [0.5, 0.6) is 0 Å². The van der Waals surface area contributed by atoms with E-state index in [0.29, 0.717) is 17.2 Å². The van der Waals surface area contributed by atoms with Crippen LogP contribution in [0.4, 0.5) is 4.39 Å². The van der Waals surface area contributed by atoms with Gasteiger partial charge in [0.05, 0.1) is 16.8 Å². The molecule has 4 nitrogen and oxygen atoms in total. The highest BCUT2D eigenvalue weighted by molar-refractivity contribution is 7.99. The van der Waals surface area contributed by atoms with Crippen molar-refractivity contribution in [2.24, 2.45) is 0 Å². The number of aromatic nitrogens is 2. The number of aryl methyl sites for hydroxylation is 1. The van der Waals surface area contributed by atoms with Crippen molar-refractivity contribution >= 4 is 40.5 Å². The Labute approximate surface area is 124 Å². The third-order valence-electron chi connectivity index (χ3n) is 2.73. The van der Waals surface area contributed by atoms with Crippen molar-refractivity contribution in [3.8, 4) is 0 Å². The topological polar surface area (TPSA) is 55.1 Å². The molecule has 2 aromatic rings. The third kappa shape index (κ3) is 3.67. The van der Waals surface area contributed by atoms with E-state index >= 15 is 0 Å². The van der Waals surface area contributed by atoms with E-state index in [1.54, 1.807) is 17.8 Å². The Kier molecular flexibility index (Phi) is 5.31. The second-order valence-electron chi connectivity index (χ2n) is 4.21. The van der Waals surface area contributed by atoms with Crippen molar-refractivity contribution in [2.75, 3.05) is 17.8 Å². The summed E-state index contributed by atoms with van der Waals surface area (Å²) >= 11 is 2.92. The number of hydrogen-bond donors (Lipinski definition) is 1. The molecule has 0 saturated carbocycles. The van der Waals surface area contributed by atoms with Crippen molar-refractivity contribution in [1.29, 1.82) is 0 Å². The van der Waals surface area contributed by atoms with Crippen LogP contribution in [0, 0.1) is 5.82 Å². The summed E-state index contributed by atoms with van der Waals surface area (Å²) in [6.07, 6.45) is 2.97. The number of rotatable bonds is 7. The summed E-state index contributed by atoms with van der Waals surface area (Å²) in [5.41, 5.74) is 1.42. The minimum atomic E-state index is -0.885. The lowest BCUT2D eigenvalue weighted by molar-refractivity contribution is -0.133. The molecule has 0 saturated heterocycles. The number of aliphatic carboxylic acids is 1. The minimum absolute atomic E-state index is 0.0473. The highest BCUT2D eigenvalue weighted by atomic mass is 32.2. The fourth-order valence-corrected chi connectivity index (χ4v) is 3.07. The fraction of sp³-hybridized carbons (Fsp3) is 0.385. The summed E-state index contributed by atoms with van der Waals surface area (Å²) in [5, 5.41) is 9.41. The van der Waals surface area contributed by atoms with Crippen LogP contribution < -0.4 is 0 Å². The molecular formula is C13H15FN2O2S2. The maximum absolute atomic E-state index is 13.4. The first kappa shape index (κ1) is 15.2. The molecule has 1 aromatic carbocycles. The van der Waals surface area contributed by atoms with Crippen LogP contribution in [0.2, 0.25) is 0 Å². The van der Waals surface area contributed by atoms with Crippen LogP contribution >= 0.6 is 23.5 Å². The van der Waals surface area contributed by atoms with Crippen LogP contribution in [0.1, 0.15) is 6.42 Å². The summed E-state index contributed by atoms with van der Waals surface area (Å²) < 4.78 is 15.3. The van der Waals surface area contributed by atoms with Crippen molar-refractivity contribution in [3.63, 3.8) is 0 Å². The molecule has 0 amide bonds. The number of fused-ring (bicyclic) bond motifs is 1. The SMILES string of the molecule is CSCCCn1c(SCC(=O)O)nc2ccc(F)cc21. The van der Waals surface area contributed by atoms with Gasteiger partial charge in [-0.05, 0) is 36.6 Å². The van der Waals surface area contributed by atoms with Gasteiger partial charge in [0, 0.05) is 6.54 Å². The largest absolute Gasteiger partial charge is 0.481 e. The first-order valence-corrected chi connectivity index (χ1v) is 8.49. The van der Waals surface area contributed by atoms with Gasteiger partial charge < -0.3 is 9.67 Å². The molecule has 0 atom stereocenters. The Morgan fingerprint density at radius 1 is 1.50 bits per heavy atom. The molecule has 0 spiro atoms. The van der Waals surface area contributed by atoms with Gasteiger partial charge in [0.25, 0.3) is 0 Å². The zero-order valence-corrected chi connectivity index (χ0v) is 12.6. The molecule has 1 N–H and O–H groups in total. The van der Waals surface area contributed by atoms with E-state index in [4.69, 9.17) is 5.11 Å². The van der Waals surface area contributed by atoms with Gasteiger partial charge in [-0.2, -0.15) is 11.8 Å². The lowest BCUT2D eigenvalue weighted by Crippen LogP contribution is -2.04. The number of benzene rings is 1. The first-order valence-electron chi connectivity index (χ1n) is 6.11. The molecule has 20 heavy (non-hydrogen) atoms. The van der Waals surface area contributed by atoms with E-state index in [2.05, 4.69) is 4.98 Å². The van der Waals surface area contributed by atoms with Crippen molar-refractivity contribution < 1.29 is 14.3 Å². The van der Waals surface area contributed by atoms with Gasteiger partial charge in [0.1, 0.15) is 5.82 Å². The summed E-state index contributed by atoms with van der Waals surface area (Å²) in [6.45, 7) is 0.711. The summed E-state index contributed by atoms with van der Waals surface area (Å²) in [6, 6.07) is 4.44. The van der Waals surface area contributed by atoms with E-state index < -0.39 is 5.97 Å². The molecule has 0 aliphatic carbocycles. The number of carbonyl (C=O) groups is 1. The molecule has 0 aliphatic heterocycles. The van der Waals surface area contributed by atoms with Crippen LogP contribution in [0.3, 0.4) is 0 Å². The van der Waals surface area contributed by atoms with Crippen LogP contribution in [-0.4, -0.2) is 38.4 Å². The standard InChI is InChI=1S/C13H15FN2O2S2/c1-19-6-2-5-16-11-7-9(14)3-4-10(11)15-13(16)20-8-12(17)18/h3-4,7H,2,5-6,8H2,1H3,(H,17,18). The van der Waals surface area contributed by atoms with Crippen LogP contribution in [-0.2, 0) is 11.3 Å². The van der Waals surface area contributed by atoms with Gasteiger partial charge in [0.2, 0.25) is 0 Å². The molecule has 0 unspecified atom stereocenters. The number of carboxylic acid groups (broad SMARTS) is 1. The average Bonchev–Trinajstić information content (AvgIpc) is 2.74. The van der Waals surface area contributed by atoms with E-state index in [1.807, 2.05) is 10.8 Å². The molecule has 108 valence electrons. The lowest BCUT2D eigenvalue weighted by atomic mass is 10.3. The second kappa shape index (κ2) is 6.99. The van der Waals surface area contributed by atoms with Gasteiger partial charge in [-0.25, -0.2) is 9.37 Å². The Morgan fingerprint density at radius 2 is 2.30 bits per heavy atom. The van der Waals surface area contributed by atoms with Crippen molar-refractivity contribution in [3.05, 3.63) is 24.0 Å². The molecule has 0 radical (unpaired) electrons. The molecule has 0 bridgehead atoms. The van der Waals surface area contributed by atoms with Gasteiger partial charge in [-0.3, -0.25) is 4.79 Å². The van der Waals surface area contributed by atoms with Crippen LogP contribution in [0.25, 0.3) is 11.0 Å². The number of nitrogens with zero attached hydrogens (tertiary/aromatic N) is 2.